The van der Waals surface area contributed by atoms with Crippen LogP contribution in [0.2, 0.25) is 0 Å². The number of hydrogen-bond donors (Lipinski definition) is 0. The van der Waals surface area contributed by atoms with Gasteiger partial charge in [0.15, 0.2) is 6.07 Å². The van der Waals surface area contributed by atoms with Crippen molar-refractivity contribution in [3.63, 3.8) is 0 Å². The molecule has 1 saturated heterocycles. The maximum Gasteiger partial charge on any atom is 0.411 e. The highest BCUT2D eigenvalue weighted by Gasteiger charge is 2.32. The number of halogens is 1. The van der Waals surface area contributed by atoms with Gasteiger partial charge in [0.25, 0.3) is 0 Å². The molecule has 1 saturated carbocycles. The van der Waals surface area contributed by atoms with E-state index in [0.29, 0.717) is 5.92 Å². The zero-order valence-corrected chi connectivity index (χ0v) is 23.7. The third kappa shape index (κ3) is 13.2. The van der Waals surface area contributed by atoms with Crippen molar-refractivity contribution in [2.45, 2.75) is 90.5 Å². The van der Waals surface area contributed by atoms with Gasteiger partial charge in [0, 0.05) is 18.5 Å². The van der Waals surface area contributed by atoms with Crippen LogP contribution in [0.5, 0.6) is 0 Å². The number of alkyl halides is 1. The molecule has 0 N–H and O–H groups in total. The van der Waals surface area contributed by atoms with Crippen LogP contribution in [0.1, 0.15) is 95.6 Å². The summed E-state index contributed by atoms with van der Waals surface area (Å²) in [6.07, 6.45) is 10.7. The van der Waals surface area contributed by atoms with E-state index in [1.54, 1.807) is 0 Å². The van der Waals surface area contributed by atoms with Crippen molar-refractivity contribution in [1.82, 2.24) is 4.90 Å². The van der Waals surface area contributed by atoms with Crippen LogP contribution in [0.25, 0.3) is 0 Å². The highest BCUT2D eigenvalue weighted by molar-refractivity contribution is 6.17. The van der Waals surface area contributed by atoms with E-state index in [-0.39, 0.29) is 37.9 Å². The number of rotatable bonds is 5. The highest BCUT2D eigenvalue weighted by atomic mass is 35.5. The molecule has 1 amide bonds. The van der Waals surface area contributed by atoms with Gasteiger partial charge in [0.2, 0.25) is 0 Å². The van der Waals surface area contributed by atoms with Gasteiger partial charge in [0.1, 0.15) is 0 Å². The summed E-state index contributed by atoms with van der Waals surface area (Å²) in [5.74, 6) is 2.01. The Bertz CT molecular complexity index is 973. The molecule has 0 radical (unpaired) electrons. The summed E-state index contributed by atoms with van der Waals surface area (Å²) in [5, 5.41) is 0. The first kappa shape index (κ1) is 36.8. The molecule has 40 heavy (non-hydrogen) atoms. The largest absolute Gasteiger partial charge is 0.433 e. The zero-order chi connectivity index (χ0) is 28.9. The van der Waals surface area contributed by atoms with E-state index in [0.717, 1.165) is 37.6 Å². The smallest absolute Gasteiger partial charge is 0.411 e. The minimum atomic E-state index is -0.289. The van der Waals surface area contributed by atoms with Gasteiger partial charge >= 0.3 is 18.4 Å². The van der Waals surface area contributed by atoms with Crippen LogP contribution in [0.15, 0.2) is 60.7 Å². The van der Waals surface area contributed by atoms with Crippen molar-refractivity contribution >= 4 is 30.0 Å². The molecular weight excluding hydrogens is 530 g/mol. The topological polar surface area (TPSA) is 97.8 Å². The average molecular weight is 574 g/mol. The molecule has 0 bridgehead atoms. The summed E-state index contributed by atoms with van der Waals surface area (Å²) in [6, 6.07) is 21.4. The molecule has 0 spiro atoms. The molecule has 4 rings (SSSR count). The quantitative estimate of drug-likeness (QED) is 0.338. The normalized spacial score (nSPS) is 17.6. The predicted octanol–water partition coefficient (Wildman–Crippen LogP) is 7.82. The van der Waals surface area contributed by atoms with Crippen molar-refractivity contribution in [2.75, 3.05) is 12.6 Å². The third-order valence-electron chi connectivity index (χ3n) is 7.55. The summed E-state index contributed by atoms with van der Waals surface area (Å²) in [4.78, 5) is 46.3. The SMILES string of the molecule is C.C[C@H](c1ccccc1)C1CCCCC1.C[C@H](c1ccccc1)C1CCCCN1C(=O)OCCl.O=C=O.O=C=O. The van der Waals surface area contributed by atoms with Gasteiger partial charge in [-0.15, -0.1) is 0 Å². The van der Waals surface area contributed by atoms with E-state index < -0.39 is 0 Å². The van der Waals surface area contributed by atoms with E-state index in [1.165, 1.54) is 43.2 Å². The van der Waals surface area contributed by atoms with Crippen LogP contribution in [-0.4, -0.2) is 41.9 Å². The Morgan fingerprint density at radius 2 is 1.25 bits per heavy atom. The summed E-state index contributed by atoms with van der Waals surface area (Å²) in [6.45, 7) is 5.33. The summed E-state index contributed by atoms with van der Waals surface area (Å²) < 4.78 is 4.95. The van der Waals surface area contributed by atoms with Gasteiger partial charge in [-0.25, -0.2) is 4.79 Å². The predicted molar refractivity (Wildman–Crippen MR) is 155 cm³/mol. The zero-order valence-electron chi connectivity index (χ0n) is 22.9. The second-order valence-electron chi connectivity index (χ2n) is 9.74. The van der Waals surface area contributed by atoms with Gasteiger partial charge in [-0.2, -0.15) is 19.2 Å². The van der Waals surface area contributed by atoms with Crippen molar-refractivity contribution in [3.8, 4) is 0 Å². The Morgan fingerprint density at radius 1 is 0.800 bits per heavy atom. The average Bonchev–Trinajstić information content (AvgIpc) is 2.99. The maximum atomic E-state index is 12.0. The maximum absolute atomic E-state index is 12.0. The molecule has 7 nitrogen and oxygen atoms in total. The lowest BCUT2D eigenvalue weighted by Gasteiger charge is -2.38. The molecule has 2 aliphatic rings. The number of nitrogens with zero attached hydrogens (tertiary/aromatic N) is 1. The first-order valence-corrected chi connectivity index (χ1v) is 14.1. The lowest BCUT2D eigenvalue weighted by atomic mass is 9.78. The Morgan fingerprint density at radius 3 is 1.73 bits per heavy atom. The highest BCUT2D eigenvalue weighted by Crippen LogP contribution is 2.35. The van der Waals surface area contributed by atoms with Crippen LogP contribution < -0.4 is 0 Å². The van der Waals surface area contributed by atoms with E-state index in [9.17, 15) is 4.79 Å². The number of ether oxygens (including phenoxy) is 1. The molecule has 2 fully saturated rings. The number of benzene rings is 2. The summed E-state index contributed by atoms with van der Waals surface area (Å²) >= 11 is 5.49. The van der Waals surface area contributed by atoms with E-state index in [1.807, 2.05) is 23.1 Å². The van der Waals surface area contributed by atoms with Crippen molar-refractivity contribution in [2.24, 2.45) is 5.92 Å². The molecular formula is C32H44ClNO6. The van der Waals surface area contributed by atoms with Crippen LogP contribution in [0.3, 0.4) is 0 Å². The minimum absolute atomic E-state index is 0. The number of hydrogen-bond acceptors (Lipinski definition) is 6. The summed E-state index contributed by atoms with van der Waals surface area (Å²) in [5.41, 5.74) is 2.79. The minimum Gasteiger partial charge on any atom is -0.433 e. The van der Waals surface area contributed by atoms with Crippen molar-refractivity contribution < 1.29 is 28.7 Å². The van der Waals surface area contributed by atoms with Gasteiger partial charge in [-0.05, 0) is 55.1 Å². The first-order chi connectivity index (χ1) is 18.9. The van der Waals surface area contributed by atoms with Crippen LogP contribution >= 0.6 is 11.6 Å². The fourth-order valence-electron chi connectivity index (χ4n) is 5.48. The standard InChI is InChI=1S/C15H20ClNO2.C14H20.2CO2.CH4/c1-12(13-7-3-2-4-8-13)14-9-5-6-10-17(14)15(18)19-11-16;1-12(13-8-4-2-5-9-13)14-10-6-3-7-11-14;2*2-1-3;/h2-4,7-8,12,14H,5-6,9-11H2,1H3;2,4-5,8-9,12,14H,3,6-7,10-11H2,1H3;;;1H4/t12-,14?;12-;;;/m11.../s1. The van der Waals surface area contributed by atoms with E-state index in [2.05, 4.69) is 56.3 Å². The van der Waals surface area contributed by atoms with Gasteiger partial charge in [-0.3, -0.25) is 0 Å². The Labute approximate surface area is 244 Å². The van der Waals surface area contributed by atoms with Crippen LogP contribution in [0.4, 0.5) is 4.79 Å². The lowest BCUT2D eigenvalue weighted by Crippen LogP contribution is -2.46. The number of amides is 1. The molecule has 8 heteroatoms. The van der Waals surface area contributed by atoms with Gasteiger partial charge < -0.3 is 9.64 Å². The molecule has 2 aromatic rings. The molecule has 1 heterocycles. The van der Waals surface area contributed by atoms with Crippen molar-refractivity contribution in [3.05, 3.63) is 71.8 Å². The Balaban J connectivity index is 0.000000639. The second-order valence-corrected chi connectivity index (χ2v) is 9.96. The molecule has 220 valence electrons. The Hall–Kier alpha value is -3.24. The third-order valence-corrected chi connectivity index (χ3v) is 7.66. The van der Waals surface area contributed by atoms with Gasteiger partial charge in [-0.1, -0.05) is 113 Å². The molecule has 0 aromatic heterocycles. The Kier molecular flexibility index (Phi) is 20.7. The number of likely N-dealkylation sites (tertiary alicyclic amines) is 1. The number of carbonyl (C=O) groups excluding carboxylic acids is 5. The van der Waals surface area contributed by atoms with Crippen LogP contribution in [-0.2, 0) is 23.9 Å². The monoisotopic (exact) mass is 573 g/mol. The fourth-order valence-corrected chi connectivity index (χ4v) is 5.57. The lowest BCUT2D eigenvalue weighted by molar-refractivity contribution is -0.193. The number of piperidine rings is 1. The number of carbonyl (C=O) groups is 1. The second kappa shape index (κ2) is 22.6. The molecule has 3 atom stereocenters. The molecule has 1 unspecified atom stereocenters. The molecule has 1 aliphatic heterocycles. The first-order valence-electron chi connectivity index (χ1n) is 13.5. The van der Waals surface area contributed by atoms with Crippen LogP contribution in [0, 0.1) is 5.92 Å². The van der Waals surface area contributed by atoms with E-state index >= 15 is 0 Å². The van der Waals surface area contributed by atoms with Crippen molar-refractivity contribution in [1.29, 1.82) is 0 Å². The van der Waals surface area contributed by atoms with E-state index in [4.69, 9.17) is 35.5 Å². The molecule has 2 aromatic carbocycles. The fraction of sp³-hybridized carbons (Fsp3) is 0.531. The van der Waals surface area contributed by atoms with Gasteiger partial charge in [0.05, 0.1) is 0 Å². The summed E-state index contributed by atoms with van der Waals surface area (Å²) in [7, 11) is 0. The molecule has 1 aliphatic carbocycles.